The van der Waals surface area contributed by atoms with Crippen molar-refractivity contribution in [2.45, 2.75) is 31.3 Å². The predicted molar refractivity (Wildman–Crippen MR) is 63.4 cm³/mol. The molecule has 0 amide bonds. The smallest absolute Gasteiger partial charge is 0.129 e. The lowest BCUT2D eigenvalue weighted by molar-refractivity contribution is -0.0212. The van der Waals surface area contributed by atoms with E-state index in [4.69, 9.17) is 0 Å². The van der Waals surface area contributed by atoms with Crippen LogP contribution >= 0.6 is 15.9 Å². The largest absolute Gasteiger partial charge is 0.385 e. The number of rotatable bonds is 1. The highest BCUT2D eigenvalue weighted by Gasteiger charge is 2.51. The molecule has 2 bridgehead atoms. The van der Waals surface area contributed by atoms with E-state index in [1.165, 1.54) is 12.5 Å². The highest BCUT2D eigenvalue weighted by molar-refractivity contribution is 9.10. The van der Waals surface area contributed by atoms with Gasteiger partial charge in [0.2, 0.25) is 0 Å². The molecule has 86 valence electrons. The van der Waals surface area contributed by atoms with Gasteiger partial charge in [-0.25, -0.2) is 4.39 Å². The summed E-state index contributed by atoms with van der Waals surface area (Å²) in [6.45, 7) is 0. The first-order valence-corrected chi connectivity index (χ1v) is 6.57. The maximum absolute atomic E-state index is 13.8. The van der Waals surface area contributed by atoms with E-state index in [2.05, 4.69) is 15.9 Å². The van der Waals surface area contributed by atoms with Crippen LogP contribution in [0.25, 0.3) is 0 Å². The Morgan fingerprint density at radius 2 is 2.19 bits per heavy atom. The van der Waals surface area contributed by atoms with Gasteiger partial charge in [-0.2, -0.15) is 0 Å². The minimum absolute atomic E-state index is 0.251. The number of aliphatic hydroxyl groups is 1. The molecule has 0 radical (unpaired) electrons. The third-order valence-electron chi connectivity index (χ3n) is 4.21. The molecule has 0 heterocycles. The van der Waals surface area contributed by atoms with Crippen molar-refractivity contribution in [3.63, 3.8) is 0 Å². The molecule has 16 heavy (non-hydrogen) atoms. The van der Waals surface area contributed by atoms with Crippen molar-refractivity contribution in [2.24, 2.45) is 11.8 Å². The van der Waals surface area contributed by atoms with Crippen molar-refractivity contribution in [1.82, 2.24) is 0 Å². The van der Waals surface area contributed by atoms with Gasteiger partial charge in [0.25, 0.3) is 0 Å². The van der Waals surface area contributed by atoms with Crippen molar-refractivity contribution < 1.29 is 9.50 Å². The fourth-order valence-electron chi connectivity index (χ4n) is 3.46. The Morgan fingerprint density at radius 3 is 2.81 bits per heavy atom. The van der Waals surface area contributed by atoms with Gasteiger partial charge in [0.1, 0.15) is 5.82 Å². The minimum atomic E-state index is -0.920. The Kier molecular flexibility index (Phi) is 2.37. The summed E-state index contributed by atoms with van der Waals surface area (Å²) in [6, 6.07) is 4.84. The van der Waals surface area contributed by atoms with E-state index >= 15 is 0 Å². The highest BCUT2D eigenvalue weighted by atomic mass is 79.9. The fraction of sp³-hybridized carbons (Fsp3) is 0.538. The molecule has 0 spiro atoms. The summed E-state index contributed by atoms with van der Waals surface area (Å²) < 4.78 is 14.6. The summed E-state index contributed by atoms with van der Waals surface area (Å²) in [7, 11) is 0. The van der Waals surface area contributed by atoms with Gasteiger partial charge in [0.15, 0.2) is 0 Å². The molecule has 1 N–H and O–H groups in total. The lowest BCUT2D eigenvalue weighted by Gasteiger charge is -2.33. The molecular formula is C13H14BrFO. The van der Waals surface area contributed by atoms with Gasteiger partial charge < -0.3 is 5.11 Å². The van der Waals surface area contributed by atoms with Crippen molar-refractivity contribution in [2.75, 3.05) is 0 Å². The second-order valence-electron chi connectivity index (χ2n) is 5.13. The summed E-state index contributed by atoms with van der Waals surface area (Å²) in [5, 5.41) is 10.7. The summed E-state index contributed by atoms with van der Waals surface area (Å²) in [5.41, 5.74) is -0.439. The summed E-state index contributed by atoms with van der Waals surface area (Å²) >= 11 is 3.34. The topological polar surface area (TPSA) is 20.2 Å². The van der Waals surface area contributed by atoms with E-state index in [0.717, 1.165) is 23.7 Å². The standard InChI is InChI=1S/C13H14BrFO/c14-10-3-4-12(15)11(6-10)13(16)7-8-1-2-9(13)5-8/h3-4,6,8-9,16H,1-2,5,7H2. The molecule has 0 saturated heterocycles. The first-order valence-electron chi connectivity index (χ1n) is 5.77. The third-order valence-corrected chi connectivity index (χ3v) is 4.70. The SMILES string of the molecule is OC1(c2cc(Br)ccc2F)CC2CCC1C2. The molecule has 1 aromatic rings. The lowest BCUT2D eigenvalue weighted by Crippen LogP contribution is -2.33. The van der Waals surface area contributed by atoms with Gasteiger partial charge in [-0.1, -0.05) is 15.9 Å². The van der Waals surface area contributed by atoms with E-state index in [9.17, 15) is 9.50 Å². The molecule has 2 fully saturated rings. The van der Waals surface area contributed by atoms with Crippen molar-refractivity contribution in [3.05, 3.63) is 34.1 Å². The van der Waals surface area contributed by atoms with Crippen LogP contribution in [0, 0.1) is 17.7 Å². The van der Waals surface area contributed by atoms with Crippen LogP contribution in [0.2, 0.25) is 0 Å². The molecule has 1 nitrogen and oxygen atoms in total. The summed E-state index contributed by atoms with van der Waals surface area (Å²) in [6.07, 6.45) is 4.02. The minimum Gasteiger partial charge on any atom is -0.385 e. The zero-order valence-corrected chi connectivity index (χ0v) is 10.5. The zero-order valence-electron chi connectivity index (χ0n) is 8.92. The molecule has 2 aliphatic rings. The van der Waals surface area contributed by atoms with Crippen LogP contribution in [0.1, 0.15) is 31.2 Å². The van der Waals surface area contributed by atoms with Crippen LogP contribution in [0.4, 0.5) is 4.39 Å². The Morgan fingerprint density at radius 1 is 1.38 bits per heavy atom. The maximum Gasteiger partial charge on any atom is 0.129 e. The van der Waals surface area contributed by atoms with Crippen LogP contribution < -0.4 is 0 Å². The fourth-order valence-corrected chi connectivity index (χ4v) is 3.82. The second kappa shape index (κ2) is 3.54. The first kappa shape index (κ1) is 10.7. The average Bonchev–Trinajstić information content (AvgIpc) is 2.81. The monoisotopic (exact) mass is 284 g/mol. The van der Waals surface area contributed by atoms with Crippen LogP contribution in [0.3, 0.4) is 0 Å². The van der Waals surface area contributed by atoms with Crippen LogP contribution in [-0.4, -0.2) is 5.11 Å². The molecular weight excluding hydrogens is 271 g/mol. The molecule has 3 atom stereocenters. The lowest BCUT2D eigenvalue weighted by atomic mass is 9.79. The van der Waals surface area contributed by atoms with Gasteiger partial charge in [0.05, 0.1) is 5.60 Å². The molecule has 3 heteroatoms. The number of hydrogen-bond acceptors (Lipinski definition) is 1. The van der Waals surface area contributed by atoms with Gasteiger partial charge >= 0.3 is 0 Å². The highest BCUT2D eigenvalue weighted by Crippen LogP contribution is 2.56. The number of halogens is 2. The van der Waals surface area contributed by atoms with Crippen LogP contribution in [0.5, 0.6) is 0 Å². The summed E-state index contributed by atoms with van der Waals surface area (Å²) in [4.78, 5) is 0. The third kappa shape index (κ3) is 1.45. The number of fused-ring (bicyclic) bond motifs is 2. The normalized spacial score (nSPS) is 36.9. The molecule has 0 aromatic heterocycles. The van der Waals surface area contributed by atoms with Gasteiger partial charge in [-0.3, -0.25) is 0 Å². The van der Waals surface area contributed by atoms with Gasteiger partial charge in [0, 0.05) is 10.0 Å². The number of hydrogen-bond donors (Lipinski definition) is 1. The van der Waals surface area contributed by atoms with Crippen molar-refractivity contribution >= 4 is 15.9 Å². The van der Waals surface area contributed by atoms with E-state index < -0.39 is 5.60 Å². The molecule has 2 aliphatic carbocycles. The Labute approximate surface area is 103 Å². The van der Waals surface area contributed by atoms with E-state index in [1.807, 2.05) is 0 Å². The van der Waals surface area contributed by atoms with Gasteiger partial charge in [-0.15, -0.1) is 0 Å². The predicted octanol–water partition coefficient (Wildman–Crippen LogP) is 3.60. The number of benzene rings is 1. The zero-order chi connectivity index (χ0) is 11.3. The Bertz CT molecular complexity index is 434. The molecule has 2 saturated carbocycles. The molecule has 0 aliphatic heterocycles. The van der Waals surface area contributed by atoms with Crippen LogP contribution in [-0.2, 0) is 5.60 Å². The first-order chi connectivity index (χ1) is 7.59. The maximum atomic E-state index is 13.8. The Hall–Kier alpha value is -0.410. The van der Waals surface area contributed by atoms with Crippen LogP contribution in [0.15, 0.2) is 22.7 Å². The molecule has 3 unspecified atom stereocenters. The molecule has 1 aromatic carbocycles. The molecule has 3 rings (SSSR count). The van der Waals surface area contributed by atoms with Gasteiger partial charge in [-0.05, 0) is 55.7 Å². The quantitative estimate of drug-likeness (QED) is 0.836. The van der Waals surface area contributed by atoms with E-state index in [0.29, 0.717) is 11.5 Å². The Balaban J connectivity index is 2.06. The van der Waals surface area contributed by atoms with Crippen molar-refractivity contribution in [1.29, 1.82) is 0 Å². The van der Waals surface area contributed by atoms with Crippen molar-refractivity contribution in [3.8, 4) is 0 Å². The van der Waals surface area contributed by atoms with E-state index in [-0.39, 0.29) is 11.7 Å². The average molecular weight is 285 g/mol. The second-order valence-corrected chi connectivity index (χ2v) is 6.04. The van der Waals surface area contributed by atoms with E-state index in [1.54, 1.807) is 12.1 Å². The summed E-state index contributed by atoms with van der Waals surface area (Å²) in [5.74, 6) is 0.563.